The highest BCUT2D eigenvalue weighted by Crippen LogP contribution is 2.39. The van der Waals surface area contributed by atoms with Gasteiger partial charge in [0, 0.05) is 25.3 Å². The molecule has 0 spiro atoms. The van der Waals surface area contributed by atoms with E-state index in [0.717, 1.165) is 24.3 Å². The first-order valence-corrected chi connectivity index (χ1v) is 13.8. The van der Waals surface area contributed by atoms with Gasteiger partial charge in [0.15, 0.2) is 23.3 Å². The van der Waals surface area contributed by atoms with Gasteiger partial charge in [-0.2, -0.15) is 0 Å². The van der Waals surface area contributed by atoms with E-state index >= 15 is 0 Å². The predicted molar refractivity (Wildman–Crippen MR) is 151 cm³/mol. The van der Waals surface area contributed by atoms with Crippen LogP contribution in [0.3, 0.4) is 0 Å². The Balaban J connectivity index is 1.55. The molecule has 37 heavy (non-hydrogen) atoms. The Morgan fingerprint density at radius 2 is 1.86 bits per heavy atom. The number of piperidine rings is 1. The van der Waals surface area contributed by atoms with Gasteiger partial charge in [0.05, 0.1) is 29.3 Å². The number of hydrogen-bond donors (Lipinski definition) is 0. The van der Waals surface area contributed by atoms with Gasteiger partial charge in [-0.3, -0.25) is 9.69 Å². The molecule has 0 N–H and O–H groups in total. The van der Waals surface area contributed by atoms with Crippen LogP contribution >= 0.6 is 27.7 Å². The van der Waals surface area contributed by atoms with Gasteiger partial charge >= 0.3 is 5.97 Å². The van der Waals surface area contributed by atoms with Gasteiger partial charge in [0.2, 0.25) is 0 Å². The van der Waals surface area contributed by atoms with E-state index in [1.165, 1.54) is 50.9 Å². The number of methoxy groups -OCH3 is 2. The Morgan fingerprint density at radius 1 is 1.14 bits per heavy atom. The van der Waals surface area contributed by atoms with Crippen LogP contribution in [0.1, 0.15) is 31.7 Å². The highest BCUT2D eigenvalue weighted by Gasteiger charge is 2.32. The smallest absolute Gasteiger partial charge is 0.343 e. The second-order valence-corrected chi connectivity index (χ2v) is 10.4. The van der Waals surface area contributed by atoms with E-state index in [1.807, 2.05) is 19.1 Å². The van der Waals surface area contributed by atoms with Crippen molar-refractivity contribution in [2.24, 2.45) is 4.99 Å². The number of nitrogens with zero attached hydrogens (tertiary/aromatic N) is 3. The second-order valence-electron chi connectivity index (χ2n) is 8.52. The average molecular weight is 589 g/mol. The van der Waals surface area contributed by atoms with Crippen molar-refractivity contribution in [3.63, 3.8) is 0 Å². The topological polar surface area (TPSA) is 80.7 Å². The molecule has 1 amide bonds. The number of ether oxygens (including phenoxy) is 3. The monoisotopic (exact) mass is 587 g/mol. The molecule has 0 saturated carbocycles. The fourth-order valence-electron chi connectivity index (χ4n) is 4.18. The first kappa shape index (κ1) is 27.1. The maximum atomic E-state index is 13.1. The minimum Gasteiger partial charge on any atom is -0.493 e. The SMILES string of the molecule is CCN1C(=O)/C(=C/c2cc(Br)c(OCC(=O)OC)c(OC)c2)SC1=Nc1ccc(N2CCCCC2)cc1. The molecule has 2 fully saturated rings. The number of amides is 1. The number of thioether (sulfide) groups is 1. The number of halogens is 1. The number of amidine groups is 1. The molecule has 2 saturated heterocycles. The molecule has 2 aromatic carbocycles. The van der Waals surface area contributed by atoms with Crippen LogP contribution in [0.2, 0.25) is 0 Å². The van der Waals surface area contributed by atoms with E-state index in [1.54, 1.807) is 23.1 Å². The van der Waals surface area contributed by atoms with Crippen molar-refractivity contribution in [1.82, 2.24) is 4.90 Å². The first-order chi connectivity index (χ1) is 17.9. The molecular weight excluding hydrogens is 558 g/mol. The quantitative estimate of drug-likeness (QED) is 0.293. The van der Waals surface area contributed by atoms with Crippen LogP contribution in [-0.2, 0) is 14.3 Å². The van der Waals surface area contributed by atoms with Gasteiger partial charge in [-0.15, -0.1) is 0 Å². The van der Waals surface area contributed by atoms with Gasteiger partial charge < -0.3 is 19.1 Å². The zero-order valence-electron chi connectivity index (χ0n) is 21.2. The third-order valence-electron chi connectivity index (χ3n) is 6.11. The molecule has 0 atom stereocenters. The Morgan fingerprint density at radius 3 is 2.51 bits per heavy atom. The molecule has 196 valence electrons. The summed E-state index contributed by atoms with van der Waals surface area (Å²) in [6, 6.07) is 11.8. The van der Waals surface area contributed by atoms with E-state index < -0.39 is 5.97 Å². The molecule has 2 aliphatic heterocycles. The number of carbonyl (C=O) groups is 2. The lowest BCUT2D eigenvalue weighted by Gasteiger charge is -2.28. The predicted octanol–water partition coefficient (Wildman–Crippen LogP) is 5.62. The molecule has 0 bridgehead atoms. The van der Waals surface area contributed by atoms with E-state index in [0.29, 0.717) is 32.6 Å². The van der Waals surface area contributed by atoms with Gasteiger partial charge in [-0.1, -0.05) is 0 Å². The number of aliphatic imine (C=N–C) groups is 1. The molecular formula is C27H30BrN3O5S. The van der Waals surface area contributed by atoms with E-state index in [4.69, 9.17) is 14.5 Å². The second kappa shape index (κ2) is 12.5. The maximum Gasteiger partial charge on any atom is 0.343 e. The number of hydrogen-bond acceptors (Lipinski definition) is 8. The lowest BCUT2D eigenvalue weighted by atomic mass is 10.1. The fraction of sp³-hybridized carbons (Fsp3) is 0.370. The molecule has 0 aromatic heterocycles. The number of likely N-dealkylation sites (N-methyl/N-ethyl adjacent to an activating group) is 1. The van der Waals surface area contributed by atoms with Crippen LogP contribution in [0, 0.1) is 0 Å². The van der Waals surface area contributed by atoms with Gasteiger partial charge in [-0.05, 0) is 102 Å². The van der Waals surface area contributed by atoms with Crippen LogP contribution in [0.25, 0.3) is 6.08 Å². The van der Waals surface area contributed by atoms with Crippen molar-refractivity contribution in [3.05, 3.63) is 51.3 Å². The van der Waals surface area contributed by atoms with Crippen LogP contribution in [-0.4, -0.2) is 62.4 Å². The number of rotatable bonds is 8. The minimum atomic E-state index is -0.499. The molecule has 2 aromatic rings. The van der Waals surface area contributed by atoms with Gasteiger partial charge in [0.25, 0.3) is 5.91 Å². The molecule has 8 nitrogen and oxygen atoms in total. The summed E-state index contributed by atoms with van der Waals surface area (Å²) in [5.41, 5.74) is 2.77. The zero-order chi connectivity index (χ0) is 26.4. The Labute approximate surface area is 229 Å². The van der Waals surface area contributed by atoms with Crippen LogP contribution in [0.5, 0.6) is 11.5 Å². The molecule has 10 heteroatoms. The summed E-state index contributed by atoms with van der Waals surface area (Å²) in [7, 11) is 2.81. The number of anilines is 1. The number of carbonyl (C=O) groups excluding carboxylic acids is 2. The number of benzene rings is 2. The highest BCUT2D eigenvalue weighted by atomic mass is 79.9. The molecule has 2 heterocycles. The normalized spacial score (nSPS) is 18.0. The third-order valence-corrected chi connectivity index (χ3v) is 7.71. The standard InChI is InChI=1S/C27H30BrN3O5S/c1-4-31-26(33)23(16-18-14-21(28)25(22(15-18)34-2)36-17-24(32)35-3)37-27(31)29-19-8-10-20(11-9-19)30-12-6-5-7-13-30/h8-11,14-16H,4-7,12-13,17H2,1-3H3/b23-16-,29-27?. The van der Waals surface area contributed by atoms with Crippen LogP contribution in [0.4, 0.5) is 11.4 Å². The van der Waals surface area contributed by atoms with Crippen molar-refractivity contribution in [2.45, 2.75) is 26.2 Å². The maximum absolute atomic E-state index is 13.1. The number of esters is 1. The van der Waals surface area contributed by atoms with Crippen LogP contribution in [0.15, 0.2) is 50.8 Å². The van der Waals surface area contributed by atoms with Crippen molar-refractivity contribution in [1.29, 1.82) is 0 Å². The van der Waals surface area contributed by atoms with Crippen molar-refractivity contribution >= 4 is 62.2 Å². The summed E-state index contributed by atoms with van der Waals surface area (Å²) in [6.45, 7) is 4.39. The molecule has 0 aliphatic carbocycles. The Hall–Kier alpha value is -2.98. The van der Waals surface area contributed by atoms with Crippen LogP contribution < -0.4 is 14.4 Å². The third kappa shape index (κ3) is 6.48. The van der Waals surface area contributed by atoms with E-state index in [-0.39, 0.29) is 12.5 Å². The summed E-state index contributed by atoms with van der Waals surface area (Å²) in [6.07, 6.45) is 5.56. The molecule has 4 rings (SSSR count). The van der Waals surface area contributed by atoms with Gasteiger partial charge in [0.1, 0.15) is 0 Å². The minimum absolute atomic E-state index is 0.0997. The van der Waals surface area contributed by atoms with E-state index in [2.05, 4.69) is 37.7 Å². The molecule has 0 unspecified atom stereocenters. The largest absolute Gasteiger partial charge is 0.493 e. The van der Waals surface area contributed by atoms with Crippen molar-refractivity contribution in [2.75, 3.05) is 45.4 Å². The lowest BCUT2D eigenvalue weighted by molar-refractivity contribution is -0.143. The van der Waals surface area contributed by atoms with E-state index in [9.17, 15) is 9.59 Å². The fourth-order valence-corrected chi connectivity index (χ4v) is 5.81. The Bertz CT molecular complexity index is 1210. The Kier molecular flexibility index (Phi) is 9.15. The summed E-state index contributed by atoms with van der Waals surface area (Å²) >= 11 is 4.82. The summed E-state index contributed by atoms with van der Waals surface area (Å²) in [5.74, 6) is 0.208. The van der Waals surface area contributed by atoms with Gasteiger partial charge in [-0.25, -0.2) is 9.79 Å². The summed E-state index contributed by atoms with van der Waals surface area (Å²) in [4.78, 5) is 34.0. The first-order valence-electron chi connectivity index (χ1n) is 12.2. The van der Waals surface area contributed by atoms with Crippen molar-refractivity contribution in [3.8, 4) is 11.5 Å². The molecule has 0 radical (unpaired) electrons. The van der Waals surface area contributed by atoms with Crippen molar-refractivity contribution < 1.29 is 23.8 Å². The zero-order valence-corrected chi connectivity index (χ0v) is 23.6. The molecule has 2 aliphatic rings. The average Bonchev–Trinajstić information content (AvgIpc) is 3.21. The summed E-state index contributed by atoms with van der Waals surface area (Å²) < 4.78 is 16.2. The summed E-state index contributed by atoms with van der Waals surface area (Å²) in [5, 5.41) is 0.647. The highest BCUT2D eigenvalue weighted by molar-refractivity contribution is 9.10. The lowest BCUT2D eigenvalue weighted by Crippen LogP contribution is -2.29.